The molecule has 0 amide bonds. The first-order chi connectivity index (χ1) is 10.5. The molecule has 1 aromatic heterocycles. The summed E-state index contributed by atoms with van der Waals surface area (Å²) in [6.07, 6.45) is 1.26. The Kier molecular flexibility index (Phi) is 3.67. The number of oxazole rings is 1. The van der Waals surface area contributed by atoms with Crippen LogP contribution in [-0.2, 0) is 10.0 Å². The predicted molar refractivity (Wildman–Crippen MR) is 82.8 cm³/mol. The number of halogens is 1. The summed E-state index contributed by atoms with van der Waals surface area (Å²) < 4.78 is 37.4. The largest absolute Gasteiger partial charge is 0.495 e. The van der Waals surface area contributed by atoms with Crippen LogP contribution in [-0.4, -0.2) is 20.5 Å². The Bertz CT molecular complexity index is 937. The lowest BCUT2D eigenvalue weighted by atomic mass is 10.3. The van der Waals surface area contributed by atoms with Crippen LogP contribution in [0.2, 0.25) is 5.02 Å². The van der Waals surface area contributed by atoms with E-state index in [-0.39, 0.29) is 4.90 Å². The molecule has 0 spiro atoms. The van der Waals surface area contributed by atoms with Crippen molar-refractivity contribution in [2.75, 3.05) is 11.8 Å². The molecule has 0 aliphatic rings. The van der Waals surface area contributed by atoms with E-state index in [4.69, 9.17) is 20.8 Å². The summed E-state index contributed by atoms with van der Waals surface area (Å²) in [5, 5.41) is 0.313. The molecule has 0 aliphatic heterocycles. The SMILES string of the molecule is COc1ccc(NS(=O)(=O)c2ccc3ncoc3c2)cc1Cl. The number of benzene rings is 2. The quantitative estimate of drug-likeness (QED) is 0.789. The second-order valence-corrected chi connectivity index (χ2v) is 6.53. The fourth-order valence-electron chi connectivity index (χ4n) is 1.95. The Balaban J connectivity index is 1.94. The molecule has 114 valence electrons. The summed E-state index contributed by atoms with van der Waals surface area (Å²) in [6, 6.07) is 9.07. The molecule has 22 heavy (non-hydrogen) atoms. The summed E-state index contributed by atoms with van der Waals surface area (Å²) in [6.45, 7) is 0. The van der Waals surface area contributed by atoms with Crippen LogP contribution in [0.5, 0.6) is 5.75 Å². The van der Waals surface area contributed by atoms with Gasteiger partial charge in [-0.05, 0) is 30.3 Å². The van der Waals surface area contributed by atoms with E-state index in [0.29, 0.717) is 27.6 Å². The molecule has 1 N–H and O–H groups in total. The van der Waals surface area contributed by atoms with Crippen molar-refractivity contribution in [3.8, 4) is 5.75 Å². The minimum Gasteiger partial charge on any atom is -0.495 e. The maximum absolute atomic E-state index is 12.4. The van der Waals surface area contributed by atoms with E-state index >= 15 is 0 Å². The minimum atomic E-state index is -3.76. The number of sulfonamides is 1. The monoisotopic (exact) mass is 338 g/mol. The molecule has 3 aromatic rings. The highest BCUT2D eigenvalue weighted by molar-refractivity contribution is 7.92. The highest BCUT2D eigenvalue weighted by Crippen LogP contribution is 2.28. The molecule has 0 saturated carbocycles. The average molecular weight is 339 g/mol. The number of hydrogen-bond acceptors (Lipinski definition) is 5. The minimum absolute atomic E-state index is 0.0729. The number of methoxy groups -OCH3 is 1. The van der Waals surface area contributed by atoms with Gasteiger partial charge in [-0.15, -0.1) is 0 Å². The van der Waals surface area contributed by atoms with Crippen LogP contribution in [0.1, 0.15) is 0 Å². The van der Waals surface area contributed by atoms with E-state index in [1.54, 1.807) is 18.2 Å². The van der Waals surface area contributed by atoms with Crippen molar-refractivity contribution >= 4 is 38.4 Å². The highest BCUT2D eigenvalue weighted by atomic mass is 35.5. The first kappa shape index (κ1) is 14.7. The zero-order chi connectivity index (χ0) is 15.7. The number of nitrogens with zero attached hydrogens (tertiary/aromatic N) is 1. The van der Waals surface area contributed by atoms with Gasteiger partial charge < -0.3 is 9.15 Å². The summed E-state index contributed by atoms with van der Waals surface area (Å²) in [5.41, 5.74) is 1.32. The molecule has 0 radical (unpaired) electrons. The highest BCUT2D eigenvalue weighted by Gasteiger charge is 2.16. The van der Waals surface area contributed by atoms with E-state index < -0.39 is 10.0 Å². The van der Waals surface area contributed by atoms with Gasteiger partial charge in [0.1, 0.15) is 11.3 Å². The summed E-state index contributed by atoms with van der Waals surface area (Å²) >= 11 is 5.98. The van der Waals surface area contributed by atoms with Crippen LogP contribution in [0.4, 0.5) is 5.69 Å². The van der Waals surface area contributed by atoms with Crippen LogP contribution >= 0.6 is 11.6 Å². The van der Waals surface area contributed by atoms with Gasteiger partial charge in [-0.2, -0.15) is 0 Å². The summed E-state index contributed by atoms with van der Waals surface area (Å²) in [4.78, 5) is 4.02. The fraction of sp³-hybridized carbons (Fsp3) is 0.0714. The maximum Gasteiger partial charge on any atom is 0.262 e. The van der Waals surface area contributed by atoms with Crippen molar-refractivity contribution < 1.29 is 17.6 Å². The lowest BCUT2D eigenvalue weighted by Gasteiger charge is -2.10. The molecule has 8 heteroatoms. The lowest BCUT2D eigenvalue weighted by Crippen LogP contribution is -2.12. The first-order valence-corrected chi connectivity index (χ1v) is 8.05. The van der Waals surface area contributed by atoms with Gasteiger partial charge in [0, 0.05) is 6.07 Å². The van der Waals surface area contributed by atoms with Crippen molar-refractivity contribution in [1.29, 1.82) is 0 Å². The molecule has 0 fully saturated rings. The zero-order valence-electron chi connectivity index (χ0n) is 11.4. The van der Waals surface area contributed by atoms with E-state index in [2.05, 4.69) is 9.71 Å². The number of aromatic nitrogens is 1. The maximum atomic E-state index is 12.4. The molecule has 6 nitrogen and oxygen atoms in total. The number of rotatable bonds is 4. The molecule has 0 aliphatic carbocycles. The first-order valence-electron chi connectivity index (χ1n) is 6.19. The normalized spacial score (nSPS) is 11.5. The third kappa shape index (κ3) is 2.72. The Hall–Kier alpha value is -2.25. The second kappa shape index (κ2) is 5.51. The van der Waals surface area contributed by atoms with Crippen molar-refractivity contribution in [2.45, 2.75) is 4.90 Å². The van der Waals surface area contributed by atoms with Crippen LogP contribution in [0.15, 0.2) is 52.1 Å². The summed E-state index contributed by atoms with van der Waals surface area (Å²) in [7, 11) is -2.27. The molecule has 0 atom stereocenters. The molecule has 1 heterocycles. The third-order valence-corrected chi connectivity index (χ3v) is 4.69. The molecule has 0 unspecified atom stereocenters. The number of anilines is 1. The molecule has 2 aromatic carbocycles. The Morgan fingerprint density at radius 1 is 1.23 bits per heavy atom. The molecular weight excluding hydrogens is 328 g/mol. The van der Waals surface area contributed by atoms with Gasteiger partial charge in [-0.25, -0.2) is 13.4 Å². The smallest absolute Gasteiger partial charge is 0.262 e. The van der Waals surface area contributed by atoms with Crippen LogP contribution in [0, 0.1) is 0 Å². The number of hydrogen-bond donors (Lipinski definition) is 1. The lowest BCUT2D eigenvalue weighted by molar-refractivity contribution is 0.415. The standard InChI is InChI=1S/C14H11ClN2O4S/c1-20-13-5-2-9(6-11(13)15)17-22(18,19)10-3-4-12-14(7-10)21-8-16-12/h2-8,17H,1H3. The van der Waals surface area contributed by atoms with Gasteiger partial charge in [0.15, 0.2) is 12.0 Å². The molecule has 3 rings (SSSR count). The van der Waals surface area contributed by atoms with Gasteiger partial charge >= 0.3 is 0 Å². The second-order valence-electron chi connectivity index (χ2n) is 4.44. The topological polar surface area (TPSA) is 81.4 Å². The van der Waals surface area contributed by atoms with Crippen LogP contribution < -0.4 is 9.46 Å². The third-order valence-electron chi connectivity index (χ3n) is 3.02. The van der Waals surface area contributed by atoms with Gasteiger partial charge in [0.25, 0.3) is 10.0 Å². The molecule has 0 saturated heterocycles. The Morgan fingerprint density at radius 3 is 2.77 bits per heavy atom. The average Bonchev–Trinajstić information content (AvgIpc) is 2.94. The molecular formula is C14H11ClN2O4S. The van der Waals surface area contributed by atoms with Gasteiger partial charge in [0.05, 0.1) is 22.7 Å². The van der Waals surface area contributed by atoms with Crippen LogP contribution in [0.3, 0.4) is 0 Å². The van der Waals surface area contributed by atoms with Gasteiger partial charge in [-0.1, -0.05) is 11.6 Å². The molecule has 0 bridgehead atoms. The van der Waals surface area contributed by atoms with E-state index in [1.807, 2.05) is 0 Å². The van der Waals surface area contributed by atoms with Gasteiger partial charge in [0.2, 0.25) is 0 Å². The van der Waals surface area contributed by atoms with Crippen molar-refractivity contribution in [3.63, 3.8) is 0 Å². The van der Waals surface area contributed by atoms with Crippen LogP contribution in [0.25, 0.3) is 11.1 Å². The number of ether oxygens (including phenoxy) is 1. The zero-order valence-corrected chi connectivity index (χ0v) is 13.0. The van der Waals surface area contributed by atoms with E-state index in [0.717, 1.165) is 0 Å². The Morgan fingerprint density at radius 2 is 2.05 bits per heavy atom. The predicted octanol–water partition coefficient (Wildman–Crippen LogP) is 3.29. The van der Waals surface area contributed by atoms with E-state index in [9.17, 15) is 8.42 Å². The summed E-state index contributed by atoms with van der Waals surface area (Å²) in [5.74, 6) is 0.465. The van der Waals surface area contributed by atoms with Crippen molar-refractivity contribution in [3.05, 3.63) is 47.8 Å². The van der Waals surface area contributed by atoms with E-state index in [1.165, 1.54) is 31.7 Å². The number of fused-ring (bicyclic) bond motifs is 1. The van der Waals surface area contributed by atoms with Gasteiger partial charge in [-0.3, -0.25) is 4.72 Å². The Labute approximate surface area is 131 Å². The fourth-order valence-corrected chi connectivity index (χ4v) is 3.27. The number of nitrogens with one attached hydrogen (secondary N) is 1. The van der Waals surface area contributed by atoms with Crippen molar-refractivity contribution in [1.82, 2.24) is 4.98 Å². The van der Waals surface area contributed by atoms with Crippen molar-refractivity contribution in [2.24, 2.45) is 0 Å².